The molecule has 0 amide bonds. The molecule has 0 saturated heterocycles. The van der Waals surface area contributed by atoms with Crippen molar-refractivity contribution in [2.75, 3.05) is 5.32 Å². The summed E-state index contributed by atoms with van der Waals surface area (Å²) in [5.41, 5.74) is 4.96. The van der Waals surface area contributed by atoms with Crippen LogP contribution < -0.4 is 5.32 Å². The molecule has 2 rings (SSSR count). The number of anilines is 2. The zero-order chi connectivity index (χ0) is 18.0. The Balaban J connectivity index is 2.48. The van der Waals surface area contributed by atoms with E-state index in [2.05, 4.69) is 34.3 Å². The molecule has 0 aliphatic heterocycles. The second kappa shape index (κ2) is 7.18. The fourth-order valence-corrected chi connectivity index (χ4v) is 3.02. The molecule has 0 aliphatic carbocycles. The summed E-state index contributed by atoms with van der Waals surface area (Å²) in [4.78, 5) is 19.8. The lowest BCUT2D eigenvalue weighted by molar-refractivity contribution is -0.141. The maximum Gasteiger partial charge on any atom is 0.306 e. The van der Waals surface area contributed by atoms with Gasteiger partial charge in [0.25, 0.3) is 0 Å². The minimum absolute atomic E-state index is 0.265. The third-order valence-electron chi connectivity index (χ3n) is 3.92. The summed E-state index contributed by atoms with van der Waals surface area (Å²) in [5, 5.41) is 12.8. The molecule has 128 valence electrons. The molecule has 1 aromatic heterocycles. The third-order valence-corrected chi connectivity index (χ3v) is 4.23. The predicted molar refractivity (Wildman–Crippen MR) is 96.2 cm³/mol. The number of benzene rings is 1. The Kier molecular flexibility index (Phi) is 5.44. The van der Waals surface area contributed by atoms with Crippen LogP contribution >= 0.6 is 11.6 Å². The van der Waals surface area contributed by atoms with Crippen LogP contribution in [0.2, 0.25) is 5.15 Å². The molecule has 24 heavy (non-hydrogen) atoms. The second-order valence-electron chi connectivity index (χ2n) is 6.23. The number of aromatic nitrogens is 2. The number of hydrogen-bond donors (Lipinski definition) is 2. The van der Waals surface area contributed by atoms with Gasteiger partial charge < -0.3 is 10.4 Å². The fourth-order valence-electron chi connectivity index (χ4n) is 2.73. The van der Waals surface area contributed by atoms with Gasteiger partial charge in [-0.2, -0.15) is 0 Å². The summed E-state index contributed by atoms with van der Waals surface area (Å²) in [5.74, 6) is -0.345. The number of hydrogen-bond acceptors (Lipinski definition) is 4. The highest BCUT2D eigenvalue weighted by Crippen LogP contribution is 2.30. The fraction of sp³-hybridized carbons (Fsp3) is 0.389. The van der Waals surface area contributed by atoms with E-state index in [0.717, 1.165) is 16.8 Å². The molecule has 0 spiro atoms. The molecular weight excluding hydrogens is 326 g/mol. The van der Waals surface area contributed by atoms with Crippen LogP contribution in [0.5, 0.6) is 0 Å². The van der Waals surface area contributed by atoms with E-state index >= 15 is 0 Å². The standard InChI is InChI=1S/C18H22ClN3O2/c1-9-6-10(2)15(11(3)7-9)22-17-14(8-12(4)18(23)24)16(19)20-13(5)21-17/h6-7,12H,8H2,1-5H3,(H,23,24)(H,20,21,22). The Hall–Kier alpha value is -2.14. The van der Waals surface area contributed by atoms with Gasteiger partial charge in [0.05, 0.1) is 5.92 Å². The van der Waals surface area contributed by atoms with Crippen molar-refractivity contribution in [1.82, 2.24) is 9.97 Å². The number of nitrogens with one attached hydrogen (secondary N) is 1. The predicted octanol–water partition coefficient (Wildman–Crippen LogP) is 4.37. The Bertz CT molecular complexity index is 767. The molecule has 0 fully saturated rings. The van der Waals surface area contributed by atoms with Gasteiger partial charge in [-0.3, -0.25) is 4.79 Å². The van der Waals surface area contributed by atoms with E-state index in [0.29, 0.717) is 22.4 Å². The van der Waals surface area contributed by atoms with Crippen LogP contribution in [0.4, 0.5) is 11.5 Å². The quantitative estimate of drug-likeness (QED) is 0.785. The van der Waals surface area contributed by atoms with Crippen molar-refractivity contribution >= 4 is 29.1 Å². The number of carbonyl (C=O) groups is 1. The van der Waals surface area contributed by atoms with Gasteiger partial charge in [-0.05, 0) is 45.2 Å². The van der Waals surface area contributed by atoms with Crippen LogP contribution in [0, 0.1) is 33.6 Å². The number of rotatable bonds is 5. The van der Waals surface area contributed by atoms with Gasteiger partial charge in [-0.25, -0.2) is 9.97 Å². The summed E-state index contributed by atoms with van der Waals surface area (Å²) < 4.78 is 0. The highest BCUT2D eigenvalue weighted by atomic mass is 35.5. The number of carboxylic acids is 1. The van der Waals surface area contributed by atoms with Crippen molar-refractivity contribution in [2.45, 2.75) is 41.0 Å². The molecule has 5 nitrogen and oxygen atoms in total. The number of halogens is 1. The average Bonchev–Trinajstić information content (AvgIpc) is 2.45. The number of aryl methyl sites for hydroxylation is 4. The number of nitrogens with zero attached hydrogens (tertiary/aromatic N) is 2. The van der Waals surface area contributed by atoms with Gasteiger partial charge >= 0.3 is 5.97 Å². The smallest absolute Gasteiger partial charge is 0.306 e. The molecule has 0 radical (unpaired) electrons. The Morgan fingerprint density at radius 3 is 2.33 bits per heavy atom. The first-order chi connectivity index (χ1) is 11.2. The van der Waals surface area contributed by atoms with Gasteiger partial charge in [-0.1, -0.05) is 36.2 Å². The van der Waals surface area contributed by atoms with E-state index in [9.17, 15) is 9.90 Å². The first kappa shape index (κ1) is 18.2. The van der Waals surface area contributed by atoms with Crippen molar-refractivity contribution in [3.05, 3.63) is 45.4 Å². The van der Waals surface area contributed by atoms with Crippen LogP contribution in [-0.2, 0) is 11.2 Å². The monoisotopic (exact) mass is 347 g/mol. The van der Waals surface area contributed by atoms with Gasteiger partial charge in [0, 0.05) is 11.3 Å². The van der Waals surface area contributed by atoms with Crippen LogP contribution in [0.25, 0.3) is 0 Å². The number of aliphatic carboxylic acids is 1. The third kappa shape index (κ3) is 4.03. The van der Waals surface area contributed by atoms with Gasteiger partial charge in [0.1, 0.15) is 16.8 Å². The van der Waals surface area contributed by atoms with Crippen molar-refractivity contribution in [3.63, 3.8) is 0 Å². The molecule has 1 heterocycles. The maximum absolute atomic E-state index is 11.2. The Labute approximate surface area is 147 Å². The molecular formula is C18H22ClN3O2. The lowest BCUT2D eigenvalue weighted by Gasteiger charge is -2.18. The molecule has 6 heteroatoms. The van der Waals surface area contributed by atoms with Gasteiger partial charge in [0.2, 0.25) is 0 Å². The summed E-state index contributed by atoms with van der Waals surface area (Å²) >= 11 is 6.27. The van der Waals surface area contributed by atoms with Crippen molar-refractivity contribution < 1.29 is 9.90 Å². The molecule has 0 bridgehead atoms. The first-order valence-corrected chi connectivity index (χ1v) is 8.17. The molecule has 1 atom stereocenters. The van der Waals surface area contributed by atoms with Crippen molar-refractivity contribution in [3.8, 4) is 0 Å². The zero-order valence-electron chi connectivity index (χ0n) is 14.6. The minimum atomic E-state index is -0.875. The van der Waals surface area contributed by atoms with Crippen LogP contribution in [0.3, 0.4) is 0 Å². The highest BCUT2D eigenvalue weighted by Gasteiger charge is 2.20. The number of carboxylic acid groups (broad SMARTS) is 1. The largest absolute Gasteiger partial charge is 0.481 e. The van der Waals surface area contributed by atoms with E-state index in [-0.39, 0.29) is 6.42 Å². The normalized spacial score (nSPS) is 12.1. The summed E-state index contributed by atoms with van der Waals surface area (Å²) in [6.45, 7) is 9.51. The lowest BCUT2D eigenvalue weighted by Crippen LogP contribution is -2.15. The van der Waals surface area contributed by atoms with Crippen molar-refractivity contribution in [1.29, 1.82) is 0 Å². The van der Waals surface area contributed by atoms with E-state index in [4.69, 9.17) is 11.6 Å². The maximum atomic E-state index is 11.2. The van der Waals surface area contributed by atoms with E-state index in [1.807, 2.05) is 13.8 Å². The highest BCUT2D eigenvalue weighted by molar-refractivity contribution is 6.30. The summed E-state index contributed by atoms with van der Waals surface area (Å²) in [6.07, 6.45) is 0.265. The van der Waals surface area contributed by atoms with Crippen molar-refractivity contribution in [2.24, 2.45) is 5.92 Å². The SMILES string of the molecule is Cc1cc(C)c(Nc2nc(C)nc(Cl)c2CC(C)C(=O)O)c(C)c1. The average molecular weight is 348 g/mol. The summed E-state index contributed by atoms with van der Waals surface area (Å²) in [7, 11) is 0. The van der Waals surface area contributed by atoms with E-state index in [1.165, 1.54) is 5.56 Å². The Morgan fingerprint density at radius 1 is 1.21 bits per heavy atom. The van der Waals surface area contributed by atoms with Crippen LogP contribution in [0.1, 0.15) is 35.0 Å². The molecule has 2 aromatic rings. The molecule has 1 unspecified atom stereocenters. The Morgan fingerprint density at radius 2 is 1.79 bits per heavy atom. The molecule has 1 aromatic carbocycles. The minimum Gasteiger partial charge on any atom is -0.481 e. The first-order valence-electron chi connectivity index (χ1n) is 7.79. The second-order valence-corrected chi connectivity index (χ2v) is 6.59. The molecule has 0 aliphatic rings. The lowest BCUT2D eigenvalue weighted by atomic mass is 10.0. The zero-order valence-corrected chi connectivity index (χ0v) is 15.3. The van der Waals surface area contributed by atoms with Gasteiger partial charge in [0.15, 0.2) is 0 Å². The van der Waals surface area contributed by atoms with E-state index in [1.54, 1.807) is 13.8 Å². The topological polar surface area (TPSA) is 75.1 Å². The molecule has 0 saturated carbocycles. The van der Waals surface area contributed by atoms with Crippen LogP contribution in [-0.4, -0.2) is 21.0 Å². The van der Waals surface area contributed by atoms with E-state index < -0.39 is 11.9 Å². The van der Waals surface area contributed by atoms with Crippen LogP contribution in [0.15, 0.2) is 12.1 Å². The molecule has 2 N–H and O–H groups in total. The van der Waals surface area contributed by atoms with Gasteiger partial charge in [-0.15, -0.1) is 0 Å². The summed E-state index contributed by atoms with van der Waals surface area (Å²) in [6, 6.07) is 4.18.